The fourth-order valence-electron chi connectivity index (χ4n) is 4.70. The second-order valence-electron chi connectivity index (χ2n) is 8.97. The van der Waals surface area contributed by atoms with Gasteiger partial charge in [0.15, 0.2) is 0 Å². The fourth-order valence-corrected chi connectivity index (χ4v) is 4.70. The third-order valence-electron chi connectivity index (χ3n) is 6.57. The molecule has 0 saturated carbocycles. The van der Waals surface area contributed by atoms with Crippen LogP contribution in [-0.4, -0.2) is 22.0 Å². The summed E-state index contributed by atoms with van der Waals surface area (Å²) < 4.78 is 15.0. The first-order chi connectivity index (χ1) is 18.1. The van der Waals surface area contributed by atoms with Gasteiger partial charge in [0, 0.05) is 23.7 Å². The molecular formula is C32H28FN3O. The third kappa shape index (κ3) is 5.36. The van der Waals surface area contributed by atoms with Gasteiger partial charge in [0.25, 0.3) is 5.56 Å². The molecule has 5 heteroatoms. The van der Waals surface area contributed by atoms with Crippen LogP contribution in [0.2, 0.25) is 0 Å². The smallest absolute Gasteiger partial charge is 0.280 e. The van der Waals surface area contributed by atoms with E-state index in [0.29, 0.717) is 29.2 Å². The summed E-state index contributed by atoms with van der Waals surface area (Å²) in [5, 5.41) is 3.23. The number of nitrogens with zero attached hydrogens (tertiary/aromatic N) is 2. The zero-order valence-corrected chi connectivity index (χ0v) is 20.6. The van der Waals surface area contributed by atoms with E-state index < -0.39 is 0 Å². The molecule has 1 N–H and O–H groups in total. The third-order valence-corrected chi connectivity index (χ3v) is 6.57. The fraction of sp³-hybridized carbons (Fsp3) is 0.125. The number of hydrogen-bond donors (Lipinski definition) is 1. The lowest BCUT2D eigenvalue weighted by atomic mass is 9.88. The van der Waals surface area contributed by atoms with E-state index in [1.54, 1.807) is 12.1 Å². The Morgan fingerprint density at radius 2 is 1.35 bits per heavy atom. The van der Waals surface area contributed by atoms with Crippen molar-refractivity contribution in [2.24, 2.45) is 4.99 Å². The zero-order valence-electron chi connectivity index (χ0n) is 20.6. The van der Waals surface area contributed by atoms with Crippen LogP contribution < -0.4 is 5.56 Å². The van der Waals surface area contributed by atoms with Gasteiger partial charge < -0.3 is 0 Å². The molecule has 1 heterocycles. The maximum Gasteiger partial charge on any atom is 0.280 e. The quantitative estimate of drug-likeness (QED) is 0.234. The Labute approximate surface area is 215 Å². The molecule has 5 aromatic rings. The molecule has 0 atom stereocenters. The number of hydrogen-bond acceptors (Lipinski definition) is 2. The molecule has 0 aliphatic rings. The van der Waals surface area contributed by atoms with E-state index in [2.05, 4.69) is 53.6 Å². The van der Waals surface area contributed by atoms with Crippen molar-refractivity contribution in [3.63, 3.8) is 0 Å². The van der Waals surface area contributed by atoms with Crippen LogP contribution in [0.5, 0.6) is 0 Å². The van der Waals surface area contributed by atoms with Crippen LogP contribution in [0.3, 0.4) is 0 Å². The lowest BCUT2D eigenvalue weighted by molar-refractivity contribution is 0.627. The van der Waals surface area contributed by atoms with Crippen LogP contribution in [0.1, 0.15) is 36.0 Å². The highest BCUT2D eigenvalue weighted by Crippen LogP contribution is 2.28. The second kappa shape index (κ2) is 11.0. The van der Waals surface area contributed by atoms with Gasteiger partial charge in [0.05, 0.1) is 16.9 Å². The van der Waals surface area contributed by atoms with Gasteiger partial charge >= 0.3 is 0 Å². The van der Waals surface area contributed by atoms with Crippen molar-refractivity contribution >= 4 is 5.71 Å². The Kier molecular flexibility index (Phi) is 7.22. The molecule has 0 spiro atoms. The highest BCUT2D eigenvalue weighted by molar-refractivity contribution is 6.03. The molecule has 184 valence electrons. The number of halogens is 1. The minimum absolute atomic E-state index is 0.203. The van der Waals surface area contributed by atoms with Crippen molar-refractivity contribution in [2.45, 2.75) is 19.3 Å². The SMILES string of the molecule is CC(=NCCC(c1ccccc1)c1ccccc1)c1c(-c2ccccc2)[nH]n(-c2ccc(F)cc2)c1=O. The normalized spacial score (nSPS) is 11.7. The van der Waals surface area contributed by atoms with Crippen molar-refractivity contribution < 1.29 is 4.39 Å². The lowest BCUT2D eigenvalue weighted by Crippen LogP contribution is -2.20. The Hall–Kier alpha value is -4.51. The van der Waals surface area contributed by atoms with Gasteiger partial charge in [-0.3, -0.25) is 14.9 Å². The summed E-state index contributed by atoms with van der Waals surface area (Å²) >= 11 is 0. The van der Waals surface area contributed by atoms with E-state index in [1.807, 2.05) is 49.4 Å². The van der Waals surface area contributed by atoms with Crippen molar-refractivity contribution in [3.8, 4) is 16.9 Å². The Morgan fingerprint density at radius 3 is 1.92 bits per heavy atom. The maximum absolute atomic E-state index is 13.6. The van der Waals surface area contributed by atoms with Crippen LogP contribution >= 0.6 is 0 Å². The molecule has 1 aromatic heterocycles. The summed E-state index contributed by atoms with van der Waals surface area (Å²) in [6, 6.07) is 36.5. The molecule has 0 amide bonds. The van der Waals surface area contributed by atoms with Crippen molar-refractivity contribution in [3.05, 3.63) is 148 Å². The molecule has 4 nitrogen and oxygen atoms in total. The Balaban J connectivity index is 1.49. The van der Waals surface area contributed by atoms with Crippen LogP contribution in [0.15, 0.2) is 125 Å². The topological polar surface area (TPSA) is 50.1 Å². The minimum atomic E-state index is -0.351. The molecule has 0 saturated heterocycles. The molecule has 4 aromatic carbocycles. The average Bonchev–Trinajstić information content (AvgIpc) is 3.30. The van der Waals surface area contributed by atoms with E-state index in [1.165, 1.54) is 27.9 Å². The predicted molar refractivity (Wildman–Crippen MR) is 148 cm³/mol. The lowest BCUT2D eigenvalue weighted by Gasteiger charge is -2.17. The number of nitrogens with one attached hydrogen (secondary N) is 1. The largest absolute Gasteiger partial charge is 0.290 e. The minimum Gasteiger partial charge on any atom is -0.290 e. The van der Waals surface area contributed by atoms with Crippen molar-refractivity contribution in [2.75, 3.05) is 6.54 Å². The van der Waals surface area contributed by atoms with Crippen LogP contribution in [0.4, 0.5) is 4.39 Å². The molecular weight excluding hydrogens is 461 g/mol. The number of benzene rings is 4. The highest BCUT2D eigenvalue weighted by atomic mass is 19.1. The Bertz CT molecular complexity index is 1500. The van der Waals surface area contributed by atoms with E-state index >= 15 is 0 Å². The van der Waals surface area contributed by atoms with Crippen LogP contribution in [-0.2, 0) is 0 Å². The summed E-state index contributed by atoms with van der Waals surface area (Å²) in [4.78, 5) is 18.5. The van der Waals surface area contributed by atoms with Gasteiger partial charge in [-0.15, -0.1) is 0 Å². The summed E-state index contributed by atoms with van der Waals surface area (Å²) in [7, 11) is 0. The molecule has 5 rings (SSSR count). The molecule has 0 radical (unpaired) electrons. The van der Waals surface area contributed by atoms with E-state index in [9.17, 15) is 9.18 Å². The summed E-state index contributed by atoms with van der Waals surface area (Å²) in [6.07, 6.45) is 0.808. The first-order valence-corrected chi connectivity index (χ1v) is 12.4. The molecule has 0 bridgehead atoms. The standard InChI is InChI=1S/C32H28FN3O/c1-23(34-22-21-29(24-11-5-2-6-12-24)25-13-7-3-8-14-25)30-31(26-15-9-4-10-16-26)35-36(32(30)37)28-19-17-27(33)18-20-28/h2-20,29,35H,21-22H2,1H3. The zero-order chi connectivity index (χ0) is 25.6. The second-order valence-corrected chi connectivity index (χ2v) is 8.97. The van der Waals surface area contributed by atoms with Gasteiger partial charge in [-0.25, -0.2) is 9.07 Å². The van der Waals surface area contributed by atoms with E-state index in [0.717, 1.165) is 12.0 Å². The monoisotopic (exact) mass is 489 g/mol. The van der Waals surface area contributed by atoms with E-state index in [-0.39, 0.29) is 17.3 Å². The number of H-pyrrole nitrogens is 1. The van der Waals surface area contributed by atoms with Gasteiger partial charge in [0.1, 0.15) is 5.82 Å². The van der Waals surface area contributed by atoms with Crippen LogP contribution in [0.25, 0.3) is 16.9 Å². The molecule has 0 aliphatic heterocycles. The molecule has 0 unspecified atom stereocenters. The van der Waals surface area contributed by atoms with Crippen LogP contribution in [0, 0.1) is 5.82 Å². The molecule has 0 aliphatic carbocycles. The molecule has 37 heavy (non-hydrogen) atoms. The number of rotatable bonds is 8. The maximum atomic E-state index is 13.6. The summed E-state index contributed by atoms with van der Waals surface area (Å²) in [6.45, 7) is 2.45. The van der Waals surface area contributed by atoms with Gasteiger partial charge in [-0.1, -0.05) is 91.0 Å². The highest BCUT2D eigenvalue weighted by Gasteiger charge is 2.20. The number of aliphatic imine (C=N–C) groups is 1. The first kappa shape index (κ1) is 24.2. The van der Waals surface area contributed by atoms with Crippen molar-refractivity contribution in [1.82, 2.24) is 9.78 Å². The Morgan fingerprint density at radius 1 is 0.811 bits per heavy atom. The van der Waals surface area contributed by atoms with Gasteiger partial charge in [-0.2, -0.15) is 0 Å². The summed E-state index contributed by atoms with van der Waals surface area (Å²) in [5.41, 5.74) is 5.60. The van der Waals surface area contributed by atoms with Crippen molar-refractivity contribution in [1.29, 1.82) is 0 Å². The average molecular weight is 490 g/mol. The number of aromatic amines is 1. The summed E-state index contributed by atoms with van der Waals surface area (Å²) in [5.74, 6) is -0.148. The first-order valence-electron chi connectivity index (χ1n) is 12.4. The molecule has 0 fully saturated rings. The van der Waals surface area contributed by atoms with Gasteiger partial charge in [-0.05, 0) is 48.7 Å². The predicted octanol–water partition coefficient (Wildman–Crippen LogP) is 7.00. The van der Waals surface area contributed by atoms with Gasteiger partial charge in [0.2, 0.25) is 0 Å². The number of aromatic nitrogens is 2. The van der Waals surface area contributed by atoms with E-state index in [4.69, 9.17) is 4.99 Å².